The van der Waals surface area contributed by atoms with Crippen LogP contribution in [0.25, 0.3) is 0 Å². The van der Waals surface area contributed by atoms with Crippen molar-refractivity contribution in [2.45, 2.75) is 20.3 Å². The van der Waals surface area contributed by atoms with Gasteiger partial charge in [-0.2, -0.15) is 6.42 Å². The summed E-state index contributed by atoms with van der Waals surface area (Å²) in [6, 6.07) is 0. The van der Waals surface area contributed by atoms with Crippen molar-refractivity contribution < 1.29 is 32.7 Å². The first-order valence-corrected chi connectivity index (χ1v) is 2.06. The molecule has 0 rings (SSSR count). The summed E-state index contributed by atoms with van der Waals surface area (Å²) in [5.74, 6) is 0.773. The van der Waals surface area contributed by atoms with Gasteiger partial charge in [0.25, 0.3) is 0 Å². The van der Waals surface area contributed by atoms with Gasteiger partial charge in [0.15, 0.2) is 0 Å². The van der Waals surface area contributed by atoms with Gasteiger partial charge >= 0.3 is 32.7 Å². The fourth-order valence-electron chi connectivity index (χ4n) is 0. The van der Waals surface area contributed by atoms with Gasteiger partial charge in [-0.05, 0) is 0 Å². The van der Waals surface area contributed by atoms with E-state index in [1.54, 1.807) is 0 Å². The predicted octanol–water partition coefficient (Wildman–Crippen LogP) is 1.86. The molecule has 0 heterocycles. The summed E-state index contributed by atoms with van der Waals surface area (Å²) in [5, 5.41) is 0. The van der Waals surface area contributed by atoms with Crippen molar-refractivity contribution in [3.63, 3.8) is 0 Å². The maximum absolute atomic E-state index is 3.69. The summed E-state index contributed by atoms with van der Waals surface area (Å²) >= 11 is 0. The molecular formula is C5H11Y+2. The van der Waals surface area contributed by atoms with Crippen LogP contribution in [0.15, 0.2) is 0 Å². The molecule has 0 spiro atoms. The largest absolute Gasteiger partial charge is 3.00 e. The van der Waals surface area contributed by atoms with Crippen LogP contribution in [0.2, 0.25) is 0 Å². The van der Waals surface area contributed by atoms with Gasteiger partial charge < -0.3 is 6.92 Å². The van der Waals surface area contributed by atoms with E-state index in [4.69, 9.17) is 0 Å². The molecule has 0 aliphatic rings. The van der Waals surface area contributed by atoms with Crippen LogP contribution >= 0.6 is 0 Å². The first kappa shape index (κ1) is 10.2. The van der Waals surface area contributed by atoms with Gasteiger partial charge in [-0.15, -0.1) is 0 Å². The van der Waals surface area contributed by atoms with Gasteiger partial charge in [0.1, 0.15) is 0 Å². The van der Waals surface area contributed by atoms with Crippen molar-refractivity contribution in [1.82, 2.24) is 0 Å². The zero-order valence-electron chi connectivity index (χ0n) is 4.57. The van der Waals surface area contributed by atoms with E-state index >= 15 is 0 Å². The third kappa shape index (κ3) is 8.92. The normalized spacial score (nSPS) is 8.00. The monoisotopic (exact) mass is 160 g/mol. The molecule has 0 aromatic rings. The van der Waals surface area contributed by atoms with E-state index < -0.39 is 0 Å². The first-order valence-electron chi connectivity index (χ1n) is 2.06. The zero-order chi connectivity index (χ0) is 4.28. The Balaban J connectivity index is 0. The molecule has 0 fully saturated rings. The van der Waals surface area contributed by atoms with Crippen LogP contribution in [-0.2, 0) is 32.7 Å². The standard InChI is InChI=1S/C5H11.Y/c1-4-5(2)3;/h5H,1,4H2,2-3H3;/q-1;+3. The molecule has 32 valence electrons. The van der Waals surface area contributed by atoms with Crippen LogP contribution < -0.4 is 0 Å². The molecule has 0 amide bonds. The van der Waals surface area contributed by atoms with Crippen molar-refractivity contribution in [1.29, 1.82) is 0 Å². The van der Waals surface area contributed by atoms with E-state index in [1.165, 1.54) is 0 Å². The van der Waals surface area contributed by atoms with Crippen molar-refractivity contribution >= 4 is 0 Å². The van der Waals surface area contributed by atoms with Crippen molar-refractivity contribution in [2.75, 3.05) is 0 Å². The van der Waals surface area contributed by atoms with E-state index in [1.807, 2.05) is 0 Å². The first-order chi connectivity index (χ1) is 2.27. The second-order valence-corrected chi connectivity index (χ2v) is 1.68. The number of rotatable bonds is 1. The number of hydrogen-bond donors (Lipinski definition) is 0. The SMILES string of the molecule is [CH2-]CC(C)C.[Y+3]. The van der Waals surface area contributed by atoms with Gasteiger partial charge in [-0.3, -0.25) is 0 Å². The topological polar surface area (TPSA) is 0 Å². The van der Waals surface area contributed by atoms with Crippen LogP contribution in [-0.4, -0.2) is 0 Å². The molecule has 0 aromatic heterocycles. The molecule has 1 heteroatoms. The quantitative estimate of drug-likeness (QED) is 0.513. The van der Waals surface area contributed by atoms with Gasteiger partial charge in [0.2, 0.25) is 0 Å². The smallest absolute Gasteiger partial charge is 0.343 e. The minimum atomic E-state index is 0. The molecule has 0 aliphatic carbocycles. The summed E-state index contributed by atoms with van der Waals surface area (Å²) in [6.45, 7) is 8.00. The molecular weight excluding hydrogens is 149 g/mol. The van der Waals surface area contributed by atoms with Crippen LogP contribution in [0.3, 0.4) is 0 Å². The van der Waals surface area contributed by atoms with Crippen LogP contribution in [0.5, 0.6) is 0 Å². The zero-order valence-corrected chi connectivity index (χ0v) is 7.41. The Morgan fingerprint density at radius 3 is 1.67 bits per heavy atom. The summed E-state index contributed by atoms with van der Waals surface area (Å²) in [4.78, 5) is 0. The molecule has 0 saturated heterocycles. The third-order valence-electron chi connectivity index (χ3n) is 0.577. The molecule has 6 heavy (non-hydrogen) atoms. The van der Waals surface area contributed by atoms with Crippen LogP contribution in [0, 0.1) is 12.8 Å². The van der Waals surface area contributed by atoms with E-state index in [0.29, 0.717) is 0 Å². The summed E-state index contributed by atoms with van der Waals surface area (Å²) in [6.07, 6.45) is 1.06. The van der Waals surface area contributed by atoms with Gasteiger partial charge in [0, 0.05) is 0 Å². The molecule has 0 unspecified atom stereocenters. The van der Waals surface area contributed by atoms with Gasteiger partial charge in [0.05, 0.1) is 0 Å². The Labute approximate surface area is 65.6 Å². The van der Waals surface area contributed by atoms with Crippen molar-refractivity contribution in [3.8, 4) is 0 Å². The summed E-state index contributed by atoms with van der Waals surface area (Å²) < 4.78 is 0. The fourth-order valence-corrected chi connectivity index (χ4v) is 0. The van der Waals surface area contributed by atoms with Crippen molar-refractivity contribution in [3.05, 3.63) is 6.92 Å². The maximum Gasteiger partial charge on any atom is 3.00 e. The average Bonchev–Trinajstić information content (AvgIpc) is 1.38. The molecule has 0 atom stereocenters. The minimum absolute atomic E-state index is 0. The third-order valence-corrected chi connectivity index (χ3v) is 0.577. The van der Waals surface area contributed by atoms with E-state index in [-0.39, 0.29) is 32.7 Å². The Morgan fingerprint density at radius 2 is 1.67 bits per heavy atom. The Hall–Kier alpha value is 1.10. The second-order valence-electron chi connectivity index (χ2n) is 1.68. The Morgan fingerprint density at radius 1 is 1.50 bits per heavy atom. The second kappa shape index (κ2) is 6.10. The molecule has 0 bridgehead atoms. The summed E-state index contributed by atoms with van der Waals surface area (Å²) in [5.41, 5.74) is 0. The van der Waals surface area contributed by atoms with Gasteiger partial charge in [-0.1, -0.05) is 19.8 Å². The van der Waals surface area contributed by atoms with E-state index in [9.17, 15) is 0 Å². The number of hydrogen-bond acceptors (Lipinski definition) is 0. The van der Waals surface area contributed by atoms with E-state index in [2.05, 4.69) is 20.8 Å². The van der Waals surface area contributed by atoms with Gasteiger partial charge in [-0.25, -0.2) is 0 Å². The molecule has 0 nitrogen and oxygen atoms in total. The molecule has 0 aromatic carbocycles. The maximum atomic E-state index is 3.69. The van der Waals surface area contributed by atoms with E-state index in [0.717, 1.165) is 12.3 Å². The minimum Gasteiger partial charge on any atom is -0.343 e. The van der Waals surface area contributed by atoms with Crippen LogP contribution in [0.4, 0.5) is 0 Å². The summed E-state index contributed by atoms with van der Waals surface area (Å²) in [7, 11) is 0. The Bertz CT molecular complexity index is 17.9. The molecule has 0 radical (unpaired) electrons. The Kier molecular flexibility index (Phi) is 10.3. The van der Waals surface area contributed by atoms with Crippen LogP contribution in [0.1, 0.15) is 20.3 Å². The van der Waals surface area contributed by atoms with Crippen molar-refractivity contribution in [2.24, 2.45) is 5.92 Å². The predicted molar refractivity (Wildman–Crippen MR) is 24.8 cm³/mol. The molecule has 0 saturated carbocycles. The molecule has 0 N–H and O–H groups in total. The molecule has 0 aliphatic heterocycles. The average molecular weight is 160 g/mol. The fraction of sp³-hybridized carbons (Fsp3) is 0.800.